The molecule has 0 radical (unpaired) electrons. The van der Waals surface area contributed by atoms with Crippen molar-refractivity contribution < 1.29 is 4.74 Å². The average Bonchev–Trinajstić information content (AvgIpc) is 3.40. The van der Waals surface area contributed by atoms with Gasteiger partial charge in [-0.2, -0.15) is 10.2 Å². The molecule has 1 aliphatic rings. The highest BCUT2D eigenvalue weighted by Crippen LogP contribution is 2.34. The van der Waals surface area contributed by atoms with Crippen LogP contribution in [0.15, 0.2) is 37.1 Å². The van der Waals surface area contributed by atoms with Crippen molar-refractivity contribution in [3.63, 3.8) is 0 Å². The minimum Gasteiger partial charge on any atom is -0.373 e. The van der Waals surface area contributed by atoms with Gasteiger partial charge in [-0.3, -0.25) is 9.36 Å². The van der Waals surface area contributed by atoms with Crippen molar-refractivity contribution in [2.75, 3.05) is 18.5 Å². The maximum absolute atomic E-state index is 5.95. The Bertz CT molecular complexity index is 872. The Balaban J connectivity index is 1.43. The zero-order valence-corrected chi connectivity index (χ0v) is 15.0. The van der Waals surface area contributed by atoms with Crippen molar-refractivity contribution in [3.8, 4) is 11.3 Å². The van der Waals surface area contributed by atoms with E-state index < -0.39 is 0 Å². The van der Waals surface area contributed by atoms with Gasteiger partial charge in [0.1, 0.15) is 0 Å². The van der Waals surface area contributed by atoms with Crippen LogP contribution in [-0.2, 0) is 18.3 Å². The first-order chi connectivity index (χ1) is 12.7. The standard InChI is InChI=1S/C18H23N7O/c1-3-25-12-15(10-22-25)17-13(5-7-26-17)8-20-18-19-6-4-16(23-18)14-9-21-24(2)11-14/h4,6,9-13,17H,3,5,7-8H2,1-2H3,(H,19,20,23)/t13-,17+/m0/s1. The molecule has 1 fully saturated rings. The molecule has 0 bridgehead atoms. The van der Waals surface area contributed by atoms with Crippen LogP contribution >= 0.6 is 0 Å². The number of hydrogen-bond donors (Lipinski definition) is 1. The van der Waals surface area contributed by atoms with Crippen LogP contribution in [0.2, 0.25) is 0 Å². The maximum Gasteiger partial charge on any atom is 0.223 e. The summed E-state index contributed by atoms with van der Waals surface area (Å²) in [4.78, 5) is 8.94. The minimum absolute atomic E-state index is 0.0734. The van der Waals surface area contributed by atoms with Crippen LogP contribution in [0, 0.1) is 5.92 Å². The Hall–Kier alpha value is -2.74. The van der Waals surface area contributed by atoms with Gasteiger partial charge in [-0.1, -0.05) is 0 Å². The molecule has 3 aromatic heterocycles. The van der Waals surface area contributed by atoms with Gasteiger partial charge in [0.2, 0.25) is 5.95 Å². The summed E-state index contributed by atoms with van der Waals surface area (Å²) < 4.78 is 9.65. The van der Waals surface area contributed by atoms with E-state index in [0.717, 1.165) is 42.9 Å². The highest BCUT2D eigenvalue weighted by molar-refractivity contribution is 5.57. The van der Waals surface area contributed by atoms with Crippen molar-refractivity contribution in [2.45, 2.75) is 26.0 Å². The molecule has 0 amide bonds. The molecule has 1 aliphatic heterocycles. The van der Waals surface area contributed by atoms with Crippen molar-refractivity contribution in [1.29, 1.82) is 0 Å². The van der Waals surface area contributed by atoms with Crippen LogP contribution in [0.4, 0.5) is 5.95 Å². The van der Waals surface area contributed by atoms with Gasteiger partial charge >= 0.3 is 0 Å². The molecule has 2 atom stereocenters. The summed E-state index contributed by atoms with van der Waals surface area (Å²) in [5.41, 5.74) is 2.98. The van der Waals surface area contributed by atoms with E-state index in [1.165, 1.54) is 0 Å². The molecule has 4 heterocycles. The third kappa shape index (κ3) is 3.45. The number of aryl methyl sites for hydroxylation is 2. The molecule has 0 spiro atoms. The van der Waals surface area contributed by atoms with E-state index >= 15 is 0 Å². The minimum atomic E-state index is 0.0734. The second-order valence-corrected chi connectivity index (χ2v) is 6.52. The first-order valence-electron chi connectivity index (χ1n) is 8.93. The van der Waals surface area contributed by atoms with E-state index in [1.54, 1.807) is 17.1 Å². The maximum atomic E-state index is 5.95. The number of hydrogen-bond acceptors (Lipinski definition) is 6. The Morgan fingerprint density at radius 2 is 2.19 bits per heavy atom. The fraction of sp³-hybridized carbons (Fsp3) is 0.444. The van der Waals surface area contributed by atoms with Gasteiger partial charge in [-0.05, 0) is 19.4 Å². The number of nitrogens with one attached hydrogen (secondary N) is 1. The Kier molecular flexibility index (Phi) is 4.66. The molecule has 136 valence electrons. The zero-order chi connectivity index (χ0) is 17.9. The molecule has 8 nitrogen and oxygen atoms in total. The smallest absolute Gasteiger partial charge is 0.223 e. The van der Waals surface area contributed by atoms with Crippen molar-refractivity contribution in [3.05, 3.63) is 42.6 Å². The molecule has 0 aliphatic carbocycles. The van der Waals surface area contributed by atoms with Crippen molar-refractivity contribution >= 4 is 5.95 Å². The molecule has 0 aromatic carbocycles. The van der Waals surface area contributed by atoms with Gasteiger partial charge in [0, 0.05) is 62.4 Å². The average molecular weight is 353 g/mol. The van der Waals surface area contributed by atoms with Gasteiger partial charge in [-0.15, -0.1) is 0 Å². The number of aromatic nitrogens is 6. The summed E-state index contributed by atoms with van der Waals surface area (Å²) in [6.07, 6.45) is 10.6. The Morgan fingerprint density at radius 3 is 2.96 bits per heavy atom. The van der Waals surface area contributed by atoms with E-state index in [-0.39, 0.29) is 6.10 Å². The summed E-state index contributed by atoms with van der Waals surface area (Å²) in [5, 5.41) is 11.9. The molecule has 0 saturated carbocycles. The quantitative estimate of drug-likeness (QED) is 0.732. The van der Waals surface area contributed by atoms with Gasteiger partial charge < -0.3 is 10.1 Å². The second-order valence-electron chi connectivity index (χ2n) is 6.52. The summed E-state index contributed by atoms with van der Waals surface area (Å²) in [7, 11) is 1.89. The number of anilines is 1. The topological polar surface area (TPSA) is 82.7 Å². The van der Waals surface area contributed by atoms with E-state index in [9.17, 15) is 0 Å². The van der Waals surface area contributed by atoms with Crippen LogP contribution in [0.1, 0.15) is 25.0 Å². The highest BCUT2D eigenvalue weighted by Gasteiger charge is 2.30. The molecule has 1 saturated heterocycles. The van der Waals surface area contributed by atoms with Crippen LogP contribution < -0.4 is 5.32 Å². The third-order valence-corrected chi connectivity index (χ3v) is 4.70. The monoisotopic (exact) mass is 353 g/mol. The summed E-state index contributed by atoms with van der Waals surface area (Å²) >= 11 is 0. The largest absolute Gasteiger partial charge is 0.373 e. The molecule has 3 aromatic rings. The lowest BCUT2D eigenvalue weighted by Gasteiger charge is -2.17. The molecule has 26 heavy (non-hydrogen) atoms. The van der Waals surface area contributed by atoms with E-state index in [2.05, 4.69) is 38.6 Å². The number of nitrogens with zero attached hydrogens (tertiary/aromatic N) is 6. The number of ether oxygens (including phenoxy) is 1. The lowest BCUT2D eigenvalue weighted by atomic mass is 9.97. The zero-order valence-electron chi connectivity index (χ0n) is 15.0. The molecular formula is C18H23N7O. The van der Waals surface area contributed by atoms with Gasteiger partial charge in [0.15, 0.2) is 0 Å². The third-order valence-electron chi connectivity index (χ3n) is 4.70. The lowest BCUT2D eigenvalue weighted by molar-refractivity contribution is 0.0932. The van der Waals surface area contributed by atoms with E-state index in [4.69, 9.17) is 4.74 Å². The predicted octanol–water partition coefficient (Wildman–Crippen LogP) is 2.28. The van der Waals surface area contributed by atoms with Crippen LogP contribution in [0.5, 0.6) is 0 Å². The summed E-state index contributed by atoms with van der Waals surface area (Å²) in [6.45, 7) is 4.48. The Morgan fingerprint density at radius 1 is 1.27 bits per heavy atom. The molecule has 0 unspecified atom stereocenters. The number of rotatable bonds is 6. The van der Waals surface area contributed by atoms with Crippen molar-refractivity contribution in [1.82, 2.24) is 29.5 Å². The fourth-order valence-corrected chi connectivity index (χ4v) is 3.29. The van der Waals surface area contributed by atoms with Crippen LogP contribution in [-0.4, -0.2) is 42.7 Å². The highest BCUT2D eigenvalue weighted by atomic mass is 16.5. The van der Waals surface area contributed by atoms with Gasteiger partial charge in [0.25, 0.3) is 0 Å². The van der Waals surface area contributed by atoms with Crippen LogP contribution in [0.3, 0.4) is 0 Å². The van der Waals surface area contributed by atoms with Crippen LogP contribution in [0.25, 0.3) is 11.3 Å². The van der Waals surface area contributed by atoms with Gasteiger partial charge in [-0.25, -0.2) is 9.97 Å². The Labute approximate surface area is 152 Å². The summed E-state index contributed by atoms with van der Waals surface area (Å²) in [5.74, 6) is 0.997. The fourth-order valence-electron chi connectivity index (χ4n) is 3.29. The molecule has 4 rings (SSSR count). The second kappa shape index (κ2) is 7.25. The normalized spacial score (nSPS) is 19.8. The molecule has 8 heteroatoms. The van der Waals surface area contributed by atoms with Gasteiger partial charge in [0.05, 0.1) is 24.2 Å². The molecular weight excluding hydrogens is 330 g/mol. The van der Waals surface area contributed by atoms with E-state index in [0.29, 0.717) is 11.9 Å². The SMILES string of the molecule is CCn1cc([C@@H]2OCC[C@H]2CNc2nccc(-c3cnn(C)c3)n2)cn1. The first-order valence-corrected chi connectivity index (χ1v) is 8.93. The first kappa shape index (κ1) is 16.7. The van der Waals surface area contributed by atoms with Crippen molar-refractivity contribution in [2.24, 2.45) is 13.0 Å². The summed E-state index contributed by atoms with van der Waals surface area (Å²) in [6, 6.07) is 1.89. The molecule has 1 N–H and O–H groups in total. The lowest BCUT2D eigenvalue weighted by Crippen LogP contribution is -2.18. The predicted molar refractivity (Wildman–Crippen MR) is 97.4 cm³/mol. The van der Waals surface area contributed by atoms with E-state index in [1.807, 2.05) is 30.2 Å².